The van der Waals surface area contributed by atoms with Gasteiger partial charge in [-0.25, -0.2) is 19.6 Å². The molecular formula is C39H43ClN6O4. The number of fused-ring (bicyclic) bond motifs is 4. The highest BCUT2D eigenvalue weighted by Crippen LogP contribution is 2.54. The quantitative estimate of drug-likeness (QED) is 0.194. The van der Waals surface area contributed by atoms with Crippen molar-refractivity contribution in [2.45, 2.75) is 96.6 Å². The Morgan fingerprint density at radius 2 is 1.48 bits per heavy atom. The summed E-state index contributed by atoms with van der Waals surface area (Å²) in [6, 6.07) is 18.7. The molecule has 4 heterocycles. The molecule has 50 heavy (non-hydrogen) atoms. The molecule has 0 bridgehead atoms. The molecule has 2 amide bonds. The van der Waals surface area contributed by atoms with Gasteiger partial charge in [-0.1, -0.05) is 54.1 Å². The lowest BCUT2D eigenvalue weighted by atomic mass is 9.99. The maximum atomic E-state index is 13.1. The Morgan fingerprint density at radius 1 is 0.800 bits per heavy atom. The van der Waals surface area contributed by atoms with Gasteiger partial charge in [0.05, 0.1) is 23.1 Å². The zero-order chi connectivity index (χ0) is 35.1. The summed E-state index contributed by atoms with van der Waals surface area (Å²) in [7, 11) is 0. The fourth-order valence-electron chi connectivity index (χ4n) is 7.57. The van der Waals surface area contributed by atoms with Gasteiger partial charge >= 0.3 is 12.2 Å². The third-order valence-corrected chi connectivity index (χ3v) is 10.2. The van der Waals surface area contributed by atoms with Crippen LogP contribution in [0.2, 0.25) is 5.15 Å². The van der Waals surface area contributed by atoms with E-state index in [4.69, 9.17) is 31.0 Å². The minimum absolute atomic E-state index is 0.142. The lowest BCUT2D eigenvalue weighted by Gasteiger charge is -2.29. The summed E-state index contributed by atoms with van der Waals surface area (Å²) in [6.07, 6.45) is 3.01. The summed E-state index contributed by atoms with van der Waals surface area (Å²) in [5.41, 5.74) is 4.43. The van der Waals surface area contributed by atoms with E-state index in [0.717, 1.165) is 70.0 Å². The topological polar surface area (TPSA) is 116 Å². The number of rotatable bonds is 4. The Kier molecular flexibility index (Phi) is 7.67. The van der Waals surface area contributed by atoms with Crippen molar-refractivity contribution >= 4 is 45.6 Å². The molecule has 8 rings (SSSR count). The van der Waals surface area contributed by atoms with Crippen molar-refractivity contribution in [2.75, 3.05) is 6.54 Å². The number of amides is 2. The van der Waals surface area contributed by atoms with Crippen LogP contribution >= 0.6 is 11.6 Å². The number of carbonyl (C=O) groups is 2. The smallest absolute Gasteiger partial charge is 0.411 e. The molecule has 2 N–H and O–H groups in total. The summed E-state index contributed by atoms with van der Waals surface area (Å²) >= 11 is 6.71. The van der Waals surface area contributed by atoms with E-state index in [1.807, 2.05) is 58.6 Å². The predicted octanol–water partition coefficient (Wildman–Crippen LogP) is 9.57. The second kappa shape index (κ2) is 11.8. The summed E-state index contributed by atoms with van der Waals surface area (Å²) in [6.45, 7) is 12.0. The van der Waals surface area contributed by atoms with Crippen molar-refractivity contribution in [3.63, 3.8) is 0 Å². The van der Waals surface area contributed by atoms with E-state index < -0.39 is 11.2 Å². The van der Waals surface area contributed by atoms with Crippen molar-refractivity contribution in [1.29, 1.82) is 0 Å². The number of nitrogens with zero attached hydrogens (tertiary/aromatic N) is 4. The fourth-order valence-corrected chi connectivity index (χ4v) is 7.81. The van der Waals surface area contributed by atoms with Crippen LogP contribution in [-0.4, -0.2) is 65.7 Å². The Labute approximate surface area is 296 Å². The molecule has 3 aromatic carbocycles. The third-order valence-electron chi connectivity index (χ3n) is 9.88. The van der Waals surface area contributed by atoms with Crippen molar-refractivity contribution in [3.05, 3.63) is 71.4 Å². The van der Waals surface area contributed by atoms with Gasteiger partial charge in [-0.2, -0.15) is 0 Å². The highest BCUT2D eigenvalue weighted by atomic mass is 35.5. The van der Waals surface area contributed by atoms with Crippen LogP contribution in [0.25, 0.3) is 44.2 Å². The number of piperidine rings is 1. The van der Waals surface area contributed by atoms with E-state index in [2.05, 4.69) is 52.4 Å². The molecule has 1 saturated carbocycles. The molecule has 260 valence electrons. The zero-order valence-electron chi connectivity index (χ0n) is 29.3. The average Bonchev–Trinajstić information content (AvgIpc) is 3.50. The van der Waals surface area contributed by atoms with Gasteiger partial charge in [0.15, 0.2) is 0 Å². The van der Waals surface area contributed by atoms with Gasteiger partial charge < -0.3 is 19.4 Å². The summed E-state index contributed by atoms with van der Waals surface area (Å²) in [4.78, 5) is 46.3. The fraction of sp³-hybridized carbons (Fsp3) is 0.436. The number of hydrogen-bond acceptors (Lipinski definition) is 6. The number of ether oxygens (including phenoxy) is 2. The SMILES string of the molecule is CC(C)(C)OC(=O)N1CCCC1c1nc2c(ccc3cc(-c4ccc(-c5nc(C6CC7CC7N6C(=O)OC(C)(C)C)[nH]c5Cl)cc4)ccc32)[nH]1. The van der Waals surface area contributed by atoms with Gasteiger partial charge in [0.25, 0.3) is 0 Å². The van der Waals surface area contributed by atoms with E-state index >= 15 is 0 Å². The molecule has 3 aliphatic rings. The molecule has 2 aromatic heterocycles. The van der Waals surface area contributed by atoms with E-state index in [-0.39, 0.29) is 30.3 Å². The number of imidazole rings is 2. The number of aromatic nitrogens is 4. The van der Waals surface area contributed by atoms with E-state index in [9.17, 15) is 9.59 Å². The standard InChI is InChI=1S/C39H43ClN6O4/c1-38(2,3)49-36(47)45-17-7-8-28(45)34-41-27-16-14-24-18-23(13-15-26(24)32(27)43-34)21-9-11-22(12-10-21)31-33(40)44-35(42-31)30-20-25-19-29(25)46(30)37(48)50-39(4,5)6/h9-16,18,25,28-30H,7-8,17,19-20H2,1-6H3,(H,41,43)(H,42,44). The van der Waals surface area contributed by atoms with Crippen molar-refractivity contribution in [1.82, 2.24) is 29.7 Å². The Morgan fingerprint density at radius 3 is 2.22 bits per heavy atom. The second-order valence-corrected chi connectivity index (χ2v) is 16.3. The minimum Gasteiger partial charge on any atom is -0.444 e. The molecule has 1 aliphatic carbocycles. The van der Waals surface area contributed by atoms with Crippen LogP contribution < -0.4 is 0 Å². The molecule has 5 aromatic rings. The van der Waals surface area contributed by atoms with Gasteiger partial charge in [0.2, 0.25) is 0 Å². The lowest BCUT2D eigenvalue weighted by Crippen LogP contribution is -2.38. The first-order chi connectivity index (χ1) is 23.7. The first kappa shape index (κ1) is 32.6. The molecule has 0 radical (unpaired) electrons. The number of hydrogen-bond donors (Lipinski definition) is 2. The zero-order valence-corrected chi connectivity index (χ0v) is 30.1. The van der Waals surface area contributed by atoms with E-state index in [1.54, 1.807) is 4.90 Å². The number of benzene rings is 3. The number of nitrogens with one attached hydrogen (secondary N) is 2. The predicted molar refractivity (Wildman–Crippen MR) is 194 cm³/mol. The van der Waals surface area contributed by atoms with Crippen molar-refractivity contribution in [3.8, 4) is 22.4 Å². The molecular weight excluding hydrogens is 652 g/mol. The highest BCUT2D eigenvalue weighted by Gasteiger charge is 2.56. The Bertz CT molecular complexity index is 2120. The molecule has 2 saturated heterocycles. The average molecular weight is 695 g/mol. The largest absolute Gasteiger partial charge is 0.444 e. The highest BCUT2D eigenvalue weighted by molar-refractivity contribution is 6.32. The molecule has 4 atom stereocenters. The van der Waals surface area contributed by atoms with Crippen LogP contribution in [0.1, 0.15) is 91.0 Å². The molecule has 10 nitrogen and oxygen atoms in total. The van der Waals surface area contributed by atoms with Gasteiger partial charge in [0, 0.05) is 23.5 Å². The van der Waals surface area contributed by atoms with Crippen LogP contribution in [0.5, 0.6) is 0 Å². The van der Waals surface area contributed by atoms with Crippen molar-refractivity contribution in [2.24, 2.45) is 5.92 Å². The van der Waals surface area contributed by atoms with Crippen molar-refractivity contribution < 1.29 is 19.1 Å². The number of halogens is 1. The number of carbonyl (C=O) groups excluding carboxylic acids is 2. The maximum Gasteiger partial charge on any atom is 0.411 e. The third kappa shape index (κ3) is 6.08. The van der Waals surface area contributed by atoms with Crippen LogP contribution in [-0.2, 0) is 9.47 Å². The molecule has 2 aliphatic heterocycles. The summed E-state index contributed by atoms with van der Waals surface area (Å²) in [5, 5.41) is 2.59. The molecule has 0 spiro atoms. The maximum absolute atomic E-state index is 13.1. The molecule has 3 fully saturated rings. The summed E-state index contributed by atoms with van der Waals surface area (Å²) in [5.74, 6) is 1.96. The van der Waals surface area contributed by atoms with Gasteiger partial charge in [-0.3, -0.25) is 9.80 Å². The number of H-pyrrole nitrogens is 2. The monoisotopic (exact) mass is 694 g/mol. The Balaban J connectivity index is 1.02. The minimum atomic E-state index is -0.565. The second-order valence-electron chi connectivity index (χ2n) is 15.9. The first-order valence-corrected chi connectivity index (χ1v) is 17.9. The summed E-state index contributed by atoms with van der Waals surface area (Å²) < 4.78 is 11.4. The van der Waals surface area contributed by atoms with E-state index in [0.29, 0.717) is 29.1 Å². The van der Waals surface area contributed by atoms with E-state index in [1.165, 1.54) is 0 Å². The van der Waals surface area contributed by atoms with Crippen LogP contribution in [0.15, 0.2) is 54.6 Å². The lowest BCUT2D eigenvalue weighted by molar-refractivity contribution is 0.0172. The Hall–Kier alpha value is -4.57. The van der Waals surface area contributed by atoms with Crippen LogP contribution in [0.3, 0.4) is 0 Å². The van der Waals surface area contributed by atoms with Gasteiger partial charge in [-0.15, -0.1) is 0 Å². The molecule has 4 unspecified atom stereocenters. The number of likely N-dealkylation sites (tertiary alicyclic amines) is 2. The van der Waals surface area contributed by atoms with Crippen LogP contribution in [0.4, 0.5) is 9.59 Å². The normalized spacial score (nSPS) is 22.0. The first-order valence-electron chi connectivity index (χ1n) is 17.5. The van der Waals surface area contributed by atoms with Gasteiger partial charge in [-0.05, 0) is 102 Å². The van der Waals surface area contributed by atoms with Crippen LogP contribution in [0, 0.1) is 5.92 Å². The number of aromatic amines is 2. The molecule has 11 heteroatoms. The van der Waals surface area contributed by atoms with Gasteiger partial charge in [0.1, 0.15) is 33.7 Å².